The monoisotopic (exact) mass is 372 g/mol. The number of rotatable bonds is 6. The Morgan fingerprint density at radius 1 is 1.15 bits per heavy atom. The summed E-state index contributed by atoms with van der Waals surface area (Å²) in [5.41, 5.74) is 1.34. The fourth-order valence-electron chi connectivity index (χ4n) is 3.92. The number of carbonyl (C=O) groups excluding carboxylic acids is 2. The normalized spacial score (nSPS) is 19.5. The van der Waals surface area contributed by atoms with Crippen LogP contribution in [-0.2, 0) is 4.79 Å². The van der Waals surface area contributed by atoms with Gasteiger partial charge in [0.15, 0.2) is 0 Å². The standard InChI is InChI=1S/C21H32N4O2/c1-4-23-11-13-24(14-12-23)21(2,3)16-22-20(27)17-7-5-8-18(15-17)25-10-6-9-19(25)26/h5,7-8,15H,4,6,9-14,16H2,1-3H3,(H,22,27). The van der Waals surface area contributed by atoms with Crippen LogP contribution < -0.4 is 10.2 Å². The van der Waals surface area contributed by atoms with E-state index in [4.69, 9.17) is 0 Å². The zero-order chi connectivity index (χ0) is 19.4. The lowest BCUT2D eigenvalue weighted by molar-refractivity contribution is -0.117. The van der Waals surface area contributed by atoms with Crippen molar-refractivity contribution in [3.8, 4) is 0 Å². The van der Waals surface area contributed by atoms with Gasteiger partial charge in [-0.25, -0.2) is 0 Å². The second kappa shape index (κ2) is 8.40. The summed E-state index contributed by atoms with van der Waals surface area (Å²) in [5, 5.41) is 3.09. The smallest absolute Gasteiger partial charge is 0.251 e. The van der Waals surface area contributed by atoms with Gasteiger partial charge >= 0.3 is 0 Å². The molecule has 0 bridgehead atoms. The summed E-state index contributed by atoms with van der Waals surface area (Å²) in [5.74, 6) is 0.0590. The van der Waals surface area contributed by atoms with Crippen molar-refractivity contribution in [2.45, 2.75) is 39.2 Å². The number of likely N-dealkylation sites (N-methyl/N-ethyl adjacent to an activating group) is 1. The highest BCUT2D eigenvalue weighted by molar-refractivity contribution is 5.99. The first kappa shape index (κ1) is 19.8. The van der Waals surface area contributed by atoms with Gasteiger partial charge in [0.2, 0.25) is 5.91 Å². The van der Waals surface area contributed by atoms with E-state index in [1.807, 2.05) is 24.3 Å². The number of nitrogens with zero attached hydrogens (tertiary/aromatic N) is 3. The molecule has 2 fully saturated rings. The summed E-state index contributed by atoms with van der Waals surface area (Å²) in [7, 11) is 0. The van der Waals surface area contributed by atoms with Crippen LogP contribution in [0.25, 0.3) is 0 Å². The summed E-state index contributed by atoms with van der Waals surface area (Å²) >= 11 is 0. The van der Waals surface area contributed by atoms with Crippen molar-refractivity contribution in [2.24, 2.45) is 0 Å². The van der Waals surface area contributed by atoms with Gasteiger partial charge in [-0.2, -0.15) is 0 Å². The van der Waals surface area contributed by atoms with Crippen molar-refractivity contribution in [1.82, 2.24) is 15.1 Å². The molecule has 1 N–H and O–H groups in total. The van der Waals surface area contributed by atoms with E-state index in [0.717, 1.165) is 51.4 Å². The van der Waals surface area contributed by atoms with Crippen LogP contribution in [0.15, 0.2) is 24.3 Å². The molecule has 2 aliphatic heterocycles. The molecule has 2 saturated heterocycles. The van der Waals surface area contributed by atoms with Crippen LogP contribution in [0.1, 0.15) is 44.0 Å². The van der Waals surface area contributed by atoms with Gasteiger partial charge in [0.05, 0.1) is 0 Å². The molecule has 27 heavy (non-hydrogen) atoms. The minimum Gasteiger partial charge on any atom is -0.350 e. The van der Waals surface area contributed by atoms with Gasteiger partial charge in [-0.1, -0.05) is 13.0 Å². The number of amides is 2. The van der Waals surface area contributed by atoms with Crippen LogP contribution in [0.4, 0.5) is 5.69 Å². The quantitative estimate of drug-likeness (QED) is 0.829. The van der Waals surface area contributed by atoms with Crippen molar-refractivity contribution in [3.05, 3.63) is 29.8 Å². The molecule has 148 valence electrons. The molecule has 0 atom stereocenters. The summed E-state index contributed by atoms with van der Waals surface area (Å²) in [6, 6.07) is 7.39. The summed E-state index contributed by atoms with van der Waals surface area (Å²) in [6.07, 6.45) is 1.48. The second-order valence-corrected chi connectivity index (χ2v) is 8.12. The summed E-state index contributed by atoms with van der Waals surface area (Å²) < 4.78 is 0. The molecule has 0 radical (unpaired) electrons. The number of nitrogens with one attached hydrogen (secondary N) is 1. The fourth-order valence-corrected chi connectivity index (χ4v) is 3.92. The van der Waals surface area contributed by atoms with Gasteiger partial charge in [-0.3, -0.25) is 14.5 Å². The van der Waals surface area contributed by atoms with Crippen molar-refractivity contribution in [1.29, 1.82) is 0 Å². The first-order valence-electron chi connectivity index (χ1n) is 10.1. The zero-order valence-corrected chi connectivity index (χ0v) is 16.8. The van der Waals surface area contributed by atoms with Gasteiger partial charge in [0.25, 0.3) is 5.91 Å². The molecule has 0 saturated carbocycles. The number of benzene rings is 1. The predicted octanol–water partition coefficient (Wildman–Crippen LogP) is 1.96. The van der Waals surface area contributed by atoms with E-state index < -0.39 is 0 Å². The van der Waals surface area contributed by atoms with E-state index in [2.05, 4.69) is 35.9 Å². The number of anilines is 1. The average Bonchev–Trinajstić information content (AvgIpc) is 3.12. The first-order chi connectivity index (χ1) is 12.9. The van der Waals surface area contributed by atoms with E-state index >= 15 is 0 Å². The molecule has 3 rings (SSSR count). The molecular formula is C21H32N4O2. The van der Waals surface area contributed by atoms with E-state index in [0.29, 0.717) is 18.5 Å². The number of hydrogen-bond acceptors (Lipinski definition) is 4. The van der Waals surface area contributed by atoms with Gasteiger partial charge in [0.1, 0.15) is 0 Å². The Morgan fingerprint density at radius 3 is 2.52 bits per heavy atom. The van der Waals surface area contributed by atoms with E-state index in [1.165, 1.54) is 0 Å². The SMILES string of the molecule is CCN1CCN(C(C)(C)CNC(=O)c2cccc(N3CCCC3=O)c2)CC1. The molecule has 6 nitrogen and oxygen atoms in total. The average molecular weight is 373 g/mol. The summed E-state index contributed by atoms with van der Waals surface area (Å²) in [4.78, 5) is 31.3. The van der Waals surface area contributed by atoms with Crippen LogP contribution in [0.5, 0.6) is 0 Å². The highest BCUT2D eigenvalue weighted by atomic mass is 16.2. The van der Waals surface area contributed by atoms with E-state index in [9.17, 15) is 9.59 Å². The van der Waals surface area contributed by atoms with E-state index in [1.54, 1.807) is 4.90 Å². The second-order valence-electron chi connectivity index (χ2n) is 8.12. The van der Waals surface area contributed by atoms with Gasteiger partial charge in [-0.15, -0.1) is 0 Å². The third-order valence-corrected chi connectivity index (χ3v) is 5.85. The number of hydrogen-bond donors (Lipinski definition) is 1. The largest absolute Gasteiger partial charge is 0.350 e. The lowest BCUT2D eigenvalue weighted by Crippen LogP contribution is -2.58. The Morgan fingerprint density at radius 2 is 1.89 bits per heavy atom. The van der Waals surface area contributed by atoms with Gasteiger partial charge < -0.3 is 15.1 Å². The molecule has 6 heteroatoms. The maximum atomic E-state index is 12.7. The molecule has 1 aromatic rings. The molecule has 0 aromatic heterocycles. The Bertz CT molecular complexity index is 681. The maximum absolute atomic E-state index is 12.7. The van der Waals surface area contributed by atoms with Crippen LogP contribution >= 0.6 is 0 Å². The molecule has 1 aromatic carbocycles. The topological polar surface area (TPSA) is 55.9 Å². The predicted molar refractivity (Wildman–Crippen MR) is 108 cm³/mol. The fraction of sp³-hybridized carbons (Fsp3) is 0.619. The van der Waals surface area contributed by atoms with Crippen molar-refractivity contribution in [3.63, 3.8) is 0 Å². The van der Waals surface area contributed by atoms with Crippen molar-refractivity contribution >= 4 is 17.5 Å². The minimum atomic E-state index is -0.0853. The van der Waals surface area contributed by atoms with Crippen LogP contribution in [0, 0.1) is 0 Å². The molecule has 0 aliphatic carbocycles. The Hall–Kier alpha value is -1.92. The van der Waals surface area contributed by atoms with Crippen LogP contribution in [-0.4, -0.2) is 73.0 Å². The third-order valence-electron chi connectivity index (χ3n) is 5.85. The third kappa shape index (κ3) is 4.68. The highest BCUT2D eigenvalue weighted by Crippen LogP contribution is 2.22. The Balaban J connectivity index is 1.58. The number of carbonyl (C=O) groups is 2. The zero-order valence-electron chi connectivity index (χ0n) is 16.8. The maximum Gasteiger partial charge on any atom is 0.251 e. The summed E-state index contributed by atoms with van der Waals surface area (Å²) in [6.45, 7) is 13.2. The Kier molecular flexibility index (Phi) is 6.17. The van der Waals surface area contributed by atoms with Crippen LogP contribution in [0.2, 0.25) is 0 Å². The molecule has 2 amide bonds. The lowest BCUT2D eigenvalue weighted by Gasteiger charge is -2.44. The van der Waals surface area contributed by atoms with E-state index in [-0.39, 0.29) is 17.4 Å². The van der Waals surface area contributed by atoms with Gasteiger partial charge in [-0.05, 0) is 45.0 Å². The molecule has 0 unspecified atom stereocenters. The molecule has 0 spiro atoms. The minimum absolute atomic E-state index is 0.0798. The molecular weight excluding hydrogens is 340 g/mol. The Labute approximate surface area is 162 Å². The van der Waals surface area contributed by atoms with Crippen molar-refractivity contribution in [2.75, 3.05) is 50.7 Å². The number of piperazine rings is 1. The molecule has 2 heterocycles. The highest BCUT2D eigenvalue weighted by Gasteiger charge is 2.30. The van der Waals surface area contributed by atoms with Crippen LogP contribution in [0.3, 0.4) is 0 Å². The molecule has 2 aliphatic rings. The van der Waals surface area contributed by atoms with Crippen molar-refractivity contribution < 1.29 is 9.59 Å². The first-order valence-corrected chi connectivity index (χ1v) is 10.1. The van der Waals surface area contributed by atoms with Gasteiger partial charge in [0, 0.05) is 62.5 Å². The lowest BCUT2D eigenvalue weighted by atomic mass is 10.0.